The number of carbonyl (C=O) groups excluding carboxylic acids is 3. The molecule has 1 aromatic heterocycles. The van der Waals surface area contributed by atoms with Crippen LogP contribution in [0.4, 0.5) is 11.4 Å². The van der Waals surface area contributed by atoms with Crippen molar-refractivity contribution in [3.8, 4) is 0 Å². The van der Waals surface area contributed by atoms with Crippen molar-refractivity contribution in [1.82, 2.24) is 15.0 Å². The number of aliphatic hydroxyl groups excluding tert-OH is 1. The fourth-order valence-electron chi connectivity index (χ4n) is 6.17. The van der Waals surface area contributed by atoms with Gasteiger partial charge >= 0.3 is 5.97 Å². The normalized spacial score (nSPS) is 19.4. The maximum absolute atomic E-state index is 13.9. The number of rotatable bonds is 14. The Hall–Kier alpha value is -4.35. The van der Waals surface area contributed by atoms with Crippen LogP contribution in [-0.4, -0.2) is 69.8 Å². The molecule has 1 fully saturated rings. The van der Waals surface area contributed by atoms with Gasteiger partial charge in [-0.2, -0.15) is 0 Å². The number of hydrogen-bond acceptors (Lipinski definition) is 8. The molecule has 1 unspecified atom stereocenters. The molecule has 2 aliphatic heterocycles. The highest BCUT2D eigenvalue weighted by Gasteiger charge is 2.52. The Bertz CT molecular complexity index is 1540. The van der Waals surface area contributed by atoms with Crippen molar-refractivity contribution < 1.29 is 29.3 Å². The SMILES string of the molecule is COC(=O)CCCCN1C(=O)[C@@](O)([C@@H](C)/C=C/CCn2cc(C(CO)c3ccccc3)nn2)c2cc(N3CCCC3=O)ccc21. The van der Waals surface area contributed by atoms with Crippen LogP contribution in [0.1, 0.15) is 68.2 Å². The first-order chi connectivity index (χ1) is 21.8. The fourth-order valence-corrected chi connectivity index (χ4v) is 6.17. The molecule has 3 atom stereocenters. The minimum absolute atomic E-state index is 0.0285. The molecule has 2 aromatic carbocycles. The van der Waals surface area contributed by atoms with Crippen LogP contribution in [-0.2, 0) is 31.3 Å². The summed E-state index contributed by atoms with van der Waals surface area (Å²) in [6, 6.07) is 15.1. The molecule has 1 saturated heterocycles. The van der Waals surface area contributed by atoms with Gasteiger partial charge in [-0.3, -0.25) is 19.1 Å². The summed E-state index contributed by atoms with van der Waals surface area (Å²) in [7, 11) is 1.35. The molecule has 0 saturated carbocycles. The average molecular weight is 616 g/mol. The highest BCUT2D eigenvalue weighted by molar-refractivity contribution is 6.08. The van der Waals surface area contributed by atoms with Gasteiger partial charge in [0, 0.05) is 55.8 Å². The first-order valence-electron chi connectivity index (χ1n) is 15.6. The topological polar surface area (TPSA) is 138 Å². The minimum Gasteiger partial charge on any atom is -0.469 e. The fraction of sp³-hybridized carbons (Fsp3) is 0.441. The summed E-state index contributed by atoms with van der Waals surface area (Å²) in [5.74, 6) is -1.53. The highest BCUT2D eigenvalue weighted by Crippen LogP contribution is 2.47. The van der Waals surface area contributed by atoms with Crippen molar-refractivity contribution in [3.05, 3.63) is 83.7 Å². The van der Waals surface area contributed by atoms with Crippen molar-refractivity contribution in [3.63, 3.8) is 0 Å². The van der Waals surface area contributed by atoms with E-state index in [-0.39, 0.29) is 30.8 Å². The first kappa shape index (κ1) is 32.1. The number of allylic oxidation sites excluding steroid dienone is 1. The molecule has 2 amide bonds. The summed E-state index contributed by atoms with van der Waals surface area (Å²) < 4.78 is 6.44. The Balaban J connectivity index is 1.30. The molecule has 3 heterocycles. The van der Waals surface area contributed by atoms with Crippen LogP contribution < -0.4 is 9.80 Å². The van der Waals surface area contributed by atoms with Gasteiger partial charge in [0.1, 0.15) is 0 Å². The van der Waals surface area contributed by atoms with Gasteiger partial charge in [0.05, 0.1) is 31.0 Å². The number of fused-ring (bicyclic) bond motifs is 1. The third-order valence-corrected chi connectivity index (χ3v) is 8.78. The Labute approximate surface area is 263 Å². The zero-order valence-corrected chi connectivity index (χ0v) is 25.8. The molecular weight excluding hydrogens is 574 g/mol. The minimum atomic E-state index is -1.82. The number of aromatic nitrogens is 3. The summed E-state index contributed by atoms with van der Waals surface area (Å²) in [6.07, 6.45) is 8.79. The third-order valence-electron chi connectivity index (χ3n) is 8.78. The largest absolute Gasteiger partial charge is 0.469 e. The van der Waals surface area contributed by atoms with Gasteiger partial charge in [0.25, 0.3) is 5.91 Å². The quantitative estimate of drug-likeness (QED) is 0.159. The molecular formula is C34H41N5O6. The van der Waals surface area contributed by atoms with Crippen molar-refractivity contribution in [2.45, 2.75) is 63.5 Å². The lowest BCUT2D eigenvalue weighted by Gasteiger charge is -2.28. The van der Waals surface area contributed by atoms with Gasteiger partial charge in [-0.1, -0.05) is 54.6 Å². The number of aliphatic hydroxyl groups is 2. The molecule has 45 heavy (non-hydrogen) atoms. The molecule has 0 radical (unpaired) electrons. The van der Waals surface area contributed by atoms with E-state index in [1.807, 2.05) is 61.7 Å². The number of hydrogen-bond donors (Lipinski definition) is 2. The number of esters is 1. The summed E-state index contributed by atoms with van der Waals surface area (Å²) in [6.45, 7) is 3.21. The van der Waals surface area contributed by atoms with E-state index in [2.05, 4.69) is 10.3 Å². The molecule has 11 nitrogen and oxygen atoms in total. The van der Waals surface area contributed by atoms with E-state index in [1.165, 1.54) is 7.11 Å². The average Bonchev–Trinajstić information content (AvgIpc) is 3.76. The van der Waals surface area contributed by atoms with Gasteiger partial charge in [-0.15, -0.1) is 5.10 Å². The summed E-state index contributed by atoms with van der Waals surface area (Å²) >= 11 is 0. The van der Waals surface area contributed by atoms with Crippen LogP contribution in [0.2, 0.25) is 0 Å². The molecule has 5 rings (SSSR count). The predicted octanol–water partition coefficient (Wildman–Crippen LogP) is 3.69. The van der Waals surface area contributed by atoms with Gasteiger partial charge in [0.2, 0.25) is 5.91 Å². The molecule has 238 valence electrons. The molecule has 0 bridgehead atoms. The van der Waals surface area contributed by atoms with Gasteiger partial charge in [-0.05, 0) is 49.4 Å². The van der Waals surface area contributed by atoms with Crippen LogP contribution in [0, 0.1) is 5.92 Å². The van der Waals surface area contributed by atoms with E-state index in [1.54, 1.807) is 26.6 Å². The Morgan fingerprint density at radius 3 is 2.64 bits per heavy atom. The van der Waals surface area contributed by atoms with Crippen LogP contribution in [0.3, 0.4) is 0 Å². The lowest BCUT2D eigenvalue weighted by atomic mass is 9.82. The number of aryl methyl sites for hydroxylation is 1. The summed E-state index contributed by atoms with van der Waals surface area (Å²) in [5, 5.41) is 30.6. The van der Waals surface area contributed by atoms with Crippen LogP contribution in [0.25, 0.3) is 0 Å². The number of methoxy groups -OCH3 is 1. The van der Waals surface area contributed by atoms with Crippen molar-refractivity contribution in [2.24, 2.45) is 5.92 Å². The number of unbranched alkanes of at least 4 members (excludes halogenated alkanes) is 1. The molecule has 2 N–H and O–H groups in total. The van der Waals surface area contributed by atoms with E-state index in [4.69, 9.17) is 4.74 Å². The molecule has 2 aliphatic rings. The maximum Gasteiger partial charge on any atom is 0.305 e. The van der Waals surface area contributed by atoms with Crippen LogP contribution in [0.5, 0.6) is 0 Å². The van der Waals surface area contributed by atoms with Crippen LogP contribution in [0.15, 0.2) is 66.9 Å². The lowest BCUT2D eigenvalue weighted by Crippen LogP contribution is -2.44. The van der Waals surface area contributed by atoms with Crippen molar-refractivity contribution >= 4 is 29.2 Å². The van der Waals surface area contributed by atoms with E-state index >= 15 is 0 Å². The molecule has 11 heteroatoms. The molecule has 3 aromatic rings. The van der Waals surface area contributed by atoms with E-state index < -0.39 is 17.4 Å². The second-order valence-corrected chi connectivity index (χ2v) is 11.7. The number of amides is 2. The smallest absolute Gasteiger partial charge is 0.305 e. The van der Waals surface area contributed by atoms with Crippen LogP contribution >= 0.6 is 0 Å². The Kier molecular flexibility index (Phi) is 10.1. The number of anilines is 2. The van der Waals surface area contributed by atoms with E-state index in [9.17, 15) is 24.6 Å². The van der Waals surface area contributed by atoms with Crippen molar-refractivity contribution in [2.75, 3.05) is 36.6 Å². The van der Waals surface area contributed by atoms with E-state index in [0.717, 1.165) is 12.0 Å². The Morgan fingerprint density at radius 2 is 1.93 bits per heavy atom. The second-order valence-electron chi connectivity index (χ2n) is 11.7. The number of nitrogens with zero attached hydrogens (tertiary/aromatic N) is 5. The zero-order chi connectivity index (χ0) is 32.0. The van der Waals surface area contributed by atoms with Gasteiger partial charge in [-0.25, -0.2) is 0 Å². The summed E-state index contributed by atoms with van der Waals surface area (Å²) in [4.78, 5) is 41.3. The molecule has 0 spiro atoms. The molecule has 0 aliphatic carbocycles. The Morgan fingerprint density at radius 1 is 1.13 bits per heavy atom. The number of carbonyl (C=O) groups is 3. The van der Waals surface area contributed by atoms with Gasteiger partial charge in [0.15, 0.2) is 5.60 Å². The monoisotopic (exact) mass is 615 g/mol. The zero-order valence-electron chi connectivity index (χ0n) is 25.8. The maximum atomic E-state index is 13.9. The predicted molar refractivity (Wildman–Crippen MR) is 168 cm³/mol. The first-order valence-corrected chi connectivity index (χ1v) is 15.6. The van der Waals surface area contributed by atoms with E-state index in [0.29, 0.717) is 67.9 Å². The third kappa shape index (κ3) is 6.69. The second kappa shape index (κ2) is 14.2. The lowest BCUT2D eigenvalue weighted by molar-refractivity contribution is -0.140. The van der Waals surface area contributed by atoms with Gasteiger partial charge < -0.3 is 24.7 Å². The number of benzene rings is 2. The standard InChI is InChI=1S/C34H41N5O6/c1-24(11-6-8-18-37-22-29(35-36-37)27(23-40)25-12-4-3-5-13-25)34(44)28-21-26(38-20-10-14-31(38)41)16-17-30(28)39(33(34)43)19-9-7-15-32(42)45-2/h3-6,11-13,16-17,21-22,24,27,40,44H,7-10,14-15,18-20,23H2,1-2H3/b11-6+/t24-,27?,34+/m0/s1. The number of ether oxygens (including phenoxy) is 1. The summed E-state index contributed by atoms with van der Waals surface area (Å²) in [5.41, 5.74) is 1.59. The van der Waals surface area contributed by atoms with Crippen molar-refractivity contribution in [1.29, 1.82) is 0 Å². The highest BCUT2D eigenvalue weighted by atomic mass is 16.5.